The third kappa shape index (κ3) is 6.67. The Kier molecular flexibility index (Phi) is 8.77. The highest BCUT2D eigenvalue weighted by molar-refractivity contribution is 5.86. The fourth-order valence-electron chi connectivity index (χ4n) is 4.83. The smallest absolute Gasteiger partial charge is 0.319 e. The van der Waals surface area contributed by atoms with Gasteiger partial charge in [-0.1, -0.05) is 86.6 Å². The third-order valence-electron chi connectivity index (χ3n) is 6.90. The van der Waals surface area contributed by atoms with Gasteiger partial charge < -0.3 is 20.0 Å². The molecule has 0 aliphatic carbocycles. The molecule has 0 aromatic heterocycles. The minimum Gasteiger partial charge on any atom is -0.337 e. The maximum absolute atomic E-state index is 13.3. The minimum atomic E-state index is -0.532. The Morgan fingerprint density at radius 1 is 1.05 bits per heavy atom. The first-order chi connectivity index (χ1) is 18.0. The summed E-state index contributed by atoms with van der Waals surface area (Å²) in [6, 6.07) is 23.7. The Hall–Kier alpha value is -3.87. The van der Waals surface area contributed by atoms with Crippen LogP contribution in [0.2, 0.25) is 0 Å². The molecule has 0 bridgehead atoms. The Morgan fingerprint density at radius 3 is 2.54 bits per heavy atom. The first-order valence-corrected chi connectivity index (χ1v) is 13.0. The summed E-state index contributed by atoms with van der Waals surface area (Å²) in [5, 5.41) is 5.21. The first kappa shape index (κ1) is 26.2. The van der Waals surface area contributed by atoms with Crippen LogP contribution in [0.15, 0.2) is 72.8 Å². The minimum absolute atomic E-state index is 0.0220. The zero-order chi connectivity index (χ0) is 26.2. The molecule has 4 amide bonds. The summed E-state index contributed by atoms with van der Waals surface area (Å²) < 4.78 is 0. The van der Waals surface area contributed by atoms with Crippen LogP contribution < -0.4 is 5.32 Å². The zero-order valence-electron chi connectivity index (χ0n) is 21.7. The molecule has 1 atom stereocenters. The highest BCUT2D eigenvalue weighted by Gasteiger charge is 2.37. The van der Waals surface area contributed by atoms with Gasteiger partial charge in [-0.15, -0.1) is 0 Å². The van der Waals surface area contributed by atoms with Gasteiger partial charge in [0, 0.05) is 32.6 Å². The SMILES string of the molecule is CC(C)CCN1C(=O)CCN(C(=O)NCc2ccccc2)[C@H]1CN(C=O)Cc1cccc2ccccc12. The van der Waals surface area contributed by atoms with Gasteiger partial charge in [0.1, 0.15) is 6.17 Å². The Bertz CT molecular complexity index is 1210. The molecule has 37 heavy (non-hydrogen) atoms. The van der Waals surface area contributed by atoms with Crippen molar-refractivity contribution in [3.05, 3.63) is 83.9 Å². The molecule has 0 saturated carbocycles. The largest absolute Gasteiger partial charge is 0.337 e. The normalized spacial score (nSPS) is 15.8. The average molecular weight is 501 g/mol. The molecule has 1 fully saturated rings. The Morgan fingerprint density at radius 2 is 1.78 bits per heavy atom. The summed E-state index contributed by atoms with van der Waals surface area (Å²) in [7, 11) is 0. The summed E-state index contributed by atoms with van der Waals surface area (Å²) in [5.74, 6) is 0.433. The fourth-order valence-corrected chi connectivity index (χ4v) is 4.83. The molecule has 1 heterocycles. The van der Waals surface area contributed by atoms with Gasteiger partial charge >= 0.3 is 6.03 Å². The number of nitrogens with zero attached hydrogens (tertiary/aromatic N) is 3. The summed E-state index contributed by atoms with van der Waals surface area (Å²) >= 11 is 0. The number of benzene rings is 3. The summed E-state index contributed by atoms with van der Waals surface area (Å²) in [6.07, 6.45) is 1.39. The number of hydrogen-bond acceptors (Lipinski definition) is 3. The predicted octanol–water partition coefficient (Wildman–Crippen LogP) is 4.61. The molecule has 0 radical (unpaired) electrons. The molecule has 0 unspecified atom stereocenters. The van der Waals surface area contributed by atoms with Gasteiger partial charge in [-0.05, 0) is 34.2 Å². The van der Waals surface area contributed by atoms with Gasteiger partial charge in [-0.2, -0.15) is 0 Å². The summed E-state index contributed by atoms with van der Waals surface area (Å²) in [6.45, 7) is 6.14. The van der Waals surface area contributed by atoms with Crippen molar-refractivity contribution >= 4 is 29.1 Å². The van der Waals surface area contributed by atoms with Gasteiger partial charge in [0.05, 0.1) is 6.54 Å². The highest BCUT2D eigenvalue weighted by atomic mass is 16.2. The number of carbonyl (C=O) groups excluding carboxylic acids is 3. The monoisotopic (exact) mass is 500 g/mol. The second-order valence-corrected chi connectivity index (χ2v) is 10.0. The van der Waals surface area contributed by atoms with E-state index in [0.717, 1.165) is 34.7 Å². The Balaban J connectivity index is 1.55. The Labute approximate surface area is 219 Å². The van der Waals surface area contributed by atoms with Crippen LogP contribution in [0.4, 0.5) is 4.79 Å². The van der Waals surface area contributed by atoms with E-state index in [0.29, 0.717) is 32.1 Å². The molecular weight excluding hydrogens is 464 g/mol. The number of carbonyl (C=O) groups is 3. The van der Waals surface area contributed by atoms with Crippen LogP contribution in [-0.4, -0.2) is 58.8 Å². The summed E-state index contributed by atoms with van der Waals surface area (Å²) in [5.41, 5.74) is 2.03. The maximum atomic E-state index is 13.3. The van der Waals surface area contributed by atoms with E-state index in [-0.39, 0.29) is 24.9 Å². The van der Waals surface area contributed by atoms with E-state index in [1.807, 2.05) is 54.6 Å². The molecular formula is C30H36N4O3. The van der Waals surface area contributed by atoms with Crippen LogP contribution in [0.5, 0.6) is 0 Å². The van der Waals surface area contributed by atoms with Crippen molar-refractivity contribution < 1.29 is 14.4 Å². The van der Waals surface area contributed by atoms with Crippen molar-refractivity contribution in [2.24, 2.45) is 5.92 Å². The number of rotatable bonds is 10. The van der Waals surface area contributed by atoms with Crippen LogP contribution in [0, 0.1) is 5.92 Å². The number of urea groups is 1. The predicted molar refractivity (Wildman–Crippen MR) is 145 cm³/mol. The number of fused-ring (bicyclic) bond motifs is 1. The number of amides is 4. The molecule has 1 saturated heterocycles. The van der Waals surface area contributed by atoms with E-state index in [9.17, 15) is 14.4 Å². The molecule has 194 valence electrons. The quantitative estimate of drug-likeness (QED) is 0.413. The molecule has 3 aromatic rings. The highest BCUT2D eigenvalue weighted by Crippen LogP contribution is 2.23. The van der Waals surface area contributed by atoms with E-state index in [2.05, 4.69) is 37.4 Å². The maximum Gasteiger partial charge on any atom is 0.319 e. The number of nitrogens with one attached hydrogen (secondary N) is 1. The second-order valence-electron chi connectivity index (χ2n) is 10.0. The van der Waals surface area contributed by atoms with Gasteiger partial charge in [-0.3, -0.25) is 9.59 Å². The first-order valence-electron chi connectivity index (χ1n) is 13.0. The van der Waals surface area contributed by atoms with Crippen molar-refractivity contribution in [1.82, 2.24) is 20.0 Å². The molecule has 7 nitrogen and oxygen atoms in total. The molecule has 3 aromatic carbocycles. The lowest BCUT2D eigenvalue weighted by Gasteiger charge is -2.45. The molecule has 1 aliphatic heterocycles. The van der Waals surface area contributed by atoms with Gasteiger partial charge in [-0.25, -0.2) is 4.79 Å². The van der Waals surface area contributed by atoms with Gasteiger partial charge in [0.25, 0.3) is 0 Å². The van der Waals surface area contributed by atoms with E-state index < -0.39 is 6.17 Å². The lowest BCUT2D eigenvalue weighted by molar-refractivity contribution is -0.144. The van der Waals surface area contributed by atoms with Crippen LogP contribution in [0.3, 0.4) is 0 Å². The van der Waals surface area contributed by atoms with Crippen molar-refractivity contribution in [2.45, 2.75) is 45.9 Å². The van der Waals surface area contributed by atoms with E-state index in [1.54, 1.807) is 14.7 Å². The molecule has 0 spiro atoms. The third-order valence-corrected chi connectivity index (χ3v) is 6.90. The second kappa shape index (κ2) is 12.4. The van der Waals surface area contributed by atoms with Gasteiger partial charge in [0.2, 0.25) is 12.3 Å². The average Bonchev–Trinajstić information content (AvgIpc) is 2.91. The van der Waals surface area contributed by atoms with E-state index >= 15 is 0 Å². The lowest BCUT2D eigenvalue weighted by Crippen LogP contribution is -2.63. The fraction of sp³-hybridized carbons (Fsp3) is 0.367. The number of hydrogen-bond donors (Lipinski definition) is 1. The lowest BCUT2D eigenvalue weighted by atomic mass is 10.0. The molecule has 4 rings (SSSR count). The van der Waals surface area contributed by atoms with Crippen molar-refractivity contribution in [3.8, 4) is 0 Å². The van der Waals surface area contributed by atoms with E-state index in [4.69, 9.17) is 0 Å². The summed E-state index contributed by atoms with van der Waals surface area (Å²) in [4.78, 5) is 43.8. The van der Waals surface area contributed by atoms with Crippen LogP contribution in [0.1, 0.15) is 37.8 Å². The van der Waals surface area contributed by atoms with Crippen molar-refractivity contribution in [3.63, 3.8) is 0 Å². The van der Waals surface area contributed by atoms with Crippen molar-refractivity contribution in [2.75, 3.05) is 19.6 Å². The topological polar surface area (TPSA) is 73.0 Å². The molecule has 1 N–H and O–H groups in total. The standard InChI is InChI=1S/C30H36N4O3/c1-23(2)15-17-33-28(21-32(22-35)20-26-13-8-12-25-11-6-7-14-27(25)26)34(18-16-29(33)36)30(37)31-19-24-9-4-3-5-10-24/h3-14,22-23,28H,15-21H2,1-2H3,(H,31,37)/t28-/m0/s1. The zero-order valence-corrected chi connectivity index (χ0v) is 21.7. The molecule has 7 heteroatoms. The molecule has 1 aliphatic rings. The van der Waals surface area contributed by atoms with Crippen LogP contribution in [0.25, 0.3) is 10.8 Å². The van der Waals surface area contributed by atoms with Gasteiger partial charge in [0.15, 0.2) is 0 Å². The van der Waals surface area contributed by atoms with E-state index in [1.165, 1.54) is 0 Å². The van der Waals surface area contributed by atoms with Crippen molar-refractivity contribution in [1.29, 1.82) is 0 Å². The van der Waals surface area contributed by atoms with Crippen LogP contribution in [-0.2, 0) is 22.7 Å². The van der Waals surface area contributed by atoms with Crippen LogP contribution >= 0.6 is 0 Å².